The van der Waals surface area contributed by atoms with Crippen LogP contribution in [0.3, 0.4) is 0 Å². The molecule has 0 atom stereocenters. The van der Waals surface area contributed by atoms with Gasteiger partial charge in [0.05, 0.1) is 13.2 Å². The van der Waals surface area contributed by atoms with Crippen LogP contribution < -0.4 is 20.1 Å². The fourth-order valence-corrected chi connectivity index (χ4v) is 2.13. The third kappa shape index (κ3) is 6.73. The minimum atomic E-state index is -0.269. The molecule has 6 heteroatoms. The number of methoxy groups -OCH3 is 1. The first-order valence-corrected chi connectivity index (χ1v) is 8.19. The zero-order chi connectivity index (χ0) is 17.9. The third-order valence-electron chi connectivity index (χ3n) is 3.34. The molecule has 0 aliphatic rings. The zero-order valence-corrected chi connectivity index (χ0v) is 14.6. The second kappa shape index (κ2) is 10.2. The van der Waals surface area contributed by atoms with Gasteiger partial charge >= 0.3 is 6.03 Å². The predicted octanol–water partition coefficient (Wildman–Crippen LogP) is 3.43. The molecule has 6 nitrogen and oxygen atoms in total. The zero-order valence-electron chi connectivity index (χ0n) is 14.6. The molecule has 134 valence electrons. The molecule has 2 N–H and O–H groups in total. The van der Waals surface area contributed by atoms with Gasteiger partial charge < -0.3 is 24.8 Å². The number of nitrogens with one attached hydrogen (secondary N) is 2. The lowest BCUT2D eigenvalue weighted by atomic mass is 10.2. The normalized spacial score (nSPS) is 10.2. The molecule has 0 aromatic heterocycles. The van der Waals surface area contributed by atoms with Crippen LogP contribution in [0.4, 0.5) is 10.5 Å². The van der Waals surface area contributed by atoms with E-state index in [-0.39, 0.29) is 6.03 Å². The Labute approximate surface area is 148 Å². The number of rotatable bonds is 9. The third-order valence-corrected chi connectivity index (χ3v) is 3.34. The Morgan fingerprint density at radius 2 is 1.80 bits per heavy atom. The summed E-state index contributed by atoms with van der Waals surface area (Å²) in [7, 11) is 1.64. The summed E-state index contributed by atoms with van der Waals surface area (Å²) in [5, 5.41) is 5.61. The van der Waals surface area contributed by atoms with Gasteiger partial charge in [0.1, 0.15) is 18.1 Å². The molecule has 0 saturated heterocycles. The smallest absolute Gasteiger partial charge is 0.319 e. The number of carbonyl (C=O) groups excluding carboxylic acids is 1. The summed E-state index contributed by atoms with van der Waals surface area (Å²) in [6, 6.07) is 14.6. The van der Waals surface area contributed by atoms with Crippen molar-refractivity contribution in [2.75, 3.05) is 32.2 Å². The lowest BCUT2D eigenvalue weighted by molar-refractivity contribution is 0.146. The van der Waals surface area contributed by atoms with E-state index in [9.17, 15) is 4.79 Å². The van der Waals surface area contributed by atoms with Crippen molar-refractivity contribution in [2.45, 2.75) is 13.5 Å². The van der Waals surface area contributed by atoms with Gasteiger partial charge in [-0.05, 0) is 36.8 Å². The first-order valence-electron chi connectivity index (χ1n) is 8.19. The summed E-state index contributed by atoms with van der Waals surface area (Å²) in [5.74, 6) is 1.50. The molecule has 25 heavy (non-hydrogen) atoms. The summed E-state index contributed by atoms with van der Waals surface area (Å²) in [4.78, 5) is 12.0. The molecule has 0 radical (unpaired) electrons. The number of urea groups is 1. The van der Waals surface area contributed by atoms with Crippen molar-refractivity contribution in [2.24, 2.45) is 0 Å². The van der Waals surface area contributed by atoms with E-state index < -0.39 is 0 Å². The van der Waals surface area contributed by atoms with Gasteiger partial charge in [-0.1, -0.05) is 18.2 Å². The van der Waals surface area contributed by atoms with Crippen molar-refractivity contribution in [1.29, 1.82) is 0 Å². The van der Waals surface area contributed by atoms with Crippen LogP contribution in [0.1, 0.15) is 12.5 Å². The fraction of sp³-hybridized carbons (Fsp3) is 0.316. The fourth-order valence-electron chi connectivity index (χ4n) is 2.13. The molecule has 0 fully saturated rings. The standard InChI is InChI=1S/C19H24N2O4/c1-3-24-18-6-4-5-16(13-18)21-19(22)20-14-15-7-9-17(10-8-15)25-12-11-23-2/h4-10,13H,3,11-12,14H2,1-2H3,(H2,20,21,22). The van der Waals surface area contributed by atoms with Gasteiger partial charge in [-0.2, -0.15) is 0 Å². The first-order chi connectivity index (χ1) is 12.2. The second-order valence-corrected chi connectivity index (χ2v) is 5.25. The van der Waals surface area contributed by atoms with Gasteiger partial charge in [0.15, 0.2) is 0 Å². The van der Waals surface area contributed by atoms with Crippen molar-refractivity contribution >= 4 is 11.7 Å². The van der Waals surface area contributed by atoms with Gasteiger partial charge in [0.2, 0.25) is 0 Å². The molecule has 2 aromatic rings. The number of ether oxygens (including phenoxy) is 3. The Morgan fingerprint density at radius 1 is 1.00 bits per heavy atom. The molecule has 2 aromatic carbocycles. The van der Waals surface area contributed by atoms with Crippen LogP contribution in [0.5, 0.6) is 11.5 Å². The summed E-state index contributed by atoms with van der Waals surface area (Å²) >= 11 is 0. The van der Waals surface area contributed by atoms with Crippen LogP contribution in [0.25, 0.3) is 0 Å². The van der Waals surface area contributed by atoms with E-state index in [1.165, 1.54) is 0 Å². The Bertz CT molecular complexity index is 659. The molecule has 0 unspecified atom stereocenters. The summed E-state index contributed by atoms with van der Waals surface area (Å²) in [6.45, 7) is 3.99. The molecule has 0 bridgehead atoms. The maximum absolute atomic E-state index is 12.0. The largest absolute Gasteiger partial charge is 0.494 e. The number of hydrogen-bond donors (Lipinski definition) is 2. The van der Waals surface area contributed by atoms with E-state index in [4.69, 9.17) is 14.2 Å². The van der Waals surface area contributed by atoms with E-state index >= 15 is 0 Å². The van der Waals surface area contributed by atoms with Gasteiger partial charge in [-0.15, -0.1) is 0 Å². The topological polar surface area (TPSA) is 68.8 Å². The quantitative estimate of drug-likeness (QED) is 0.684. The van der Waals surface area contributed by atoms with E-state index in [1.54, 1.807) is 13.2 Å². The second-order valence-electron chi connectivity index (χ2n) is 5.25. The highest BCUT2D eigenvalue weighted by Crippen LogP contribution is 2.17. The Kier molecular flexibility index (Phi) is 7.59. The van der Waals surface area contributed by atoms with Gasteiger partial charge in [0, 0.05) is 25.4 Å². The van der Waals surface area contributed by atoms with Gasteiger partial charge in [-0.3, -0.25) is 0 Å². The summed E-state index contributed by atoms with van der Waals surface area (Å²) in [6.07, 6.45) is 0. The van der Waals surface area contributed by atoms with Gasteiger partial charge in [0.25, 0.3) is 0 Å². The van der Waals surface area contributed by atoms with Crippen LogP contribution in [0.15, 0.2) is 48.5 Å². The first kappa shape index (κ1) is 18.6. The summed E-state index contributed by atoms with van der Waals surface area (Å²) in [5.41, 5.74) is 1.67. The van der Waals surface area contributed by atoms with E-state index in [0.717, 1.165) is 17.1 Å². The molecule has 0 spiro atoms. The average Bonchev–Trinajstić information content (AvgIpc) is 2.62. The lowest BCUT2D eigenvalue weighted by Crippen LogP contribution is -2.28. The maximum Gasteiger partial charge on any atom is 0.319 e. The van der Waals surface area contributed by atoms with Crippen LogP contribution in [0.2, 0.25) is 0 Å². The minimum absolute atomic E-state index is 0.269. The Hall–Kier alpha value is -2.73. The van der Waals surface area contributed by atoms with Crippen LogP contribution >= 0.6 is 0 Å². The number of amides is 2. The molecule has 0 saturated carbocycles. The van der Waals surface area contributed by atoms with E-state index in [1.807, 2.05) is 49.4 Å². The SMILES string of the molecule is CCOc1cccc(NC(=O)NCc2ccc(OCCOC)cc2)c1. The molecular formula is C19H24N2O4. The Balaban J connectivity index is 1.78. The van der Waals surface area contributed by atoms with E-state index in [0.29, 0.717) is 32.1 Å². The number of carbonyl (C=O) groups is 1. The van der Waals surface area contributed by atoms with Crippen molar-refractivity contribution in [3.05, 3.63) is 54.1 Å². The summed E-state index contributed by atoms with van der Waals surface area (Å²) < 4.78 is 15.8. The maximum atomic E-state index is 12.0. The van der Waals surface area contributed by atoms with Crippen molar-refractivity contribution in [3.8, 4) is 11.5 Å². The lowest BCUT2D eigenvalue weighted by Gasteiger charge is -2.10. The minimum Gasteiger partial charge on any atom is -0.494 e. The molecule has 2 amide bonds. The Morgan fingerprint density at radius 3 is 2.52 bits per heavy atom. The number of anilines is 1. The van der Waals surface area contributed by atoms with Crippen LogP contribution in [-0.4, -0.2) is 33.0 Å². The van der Waals surface area contributed by atoms with Crippen molar-refractivity contribution in [1.82, 2.24) is 5.32 Å². The van der Waals surface area contributed by atoms with Crippen LogP contribution in [0, 0.1) is 0 Å². The van der Waals surface area contributed by atoms with E-state index in [2.05, 4.69) is 10.6 Å². The molecule has 0 aliphatic carbocycles. The van der Waals surface area contributed by atoms with Crippen molar-refractivity contribution < 1.29 is 19.0 Å². The highest BCUT2D eigenvalue weighted by Gasteiger charge is 2.03. The highest BCUT2D eigenvalue weighted by atomic mass is 16.5. The average molecular weight is 344 g/mol. The molecule has 0 heterocycles. The molecular weight excluding hydrogens is 320 g/mol. The highest BCUT2D eigenvalue weighted by molar-refractivity contribution is 5.89. The number of hydrogen-bond acceptors (Lipinski definition) is 4. The predicted molar refractivity (Wildman–Crippen MR) is 97.3 cm³/mol. The van der Waals surface area contributed by atoms with Crippen molar-refractivity contribution in [3.63, 3.8) is 0 Å². The van der Waals surface area contributed by atoms with Crippen LogP contribution in [-0.2, 0) is 11.3 Å². The van der Waals surface area contributed by atoms with Gasteiger partial charge in [-0.25, -0.2) is 4.79 Å². The molecule has 2 rings (SSSR count). The monoisotopic (exact) mass is 344 g/mol. The molecule has 0 aliphatic heterocycles. The number of benzene rings is 2.